The van der Waals surface area contributed by atoms with Crippen molar-refractivity contribution in [1.82, 2.24) is 10.2 Å². The Balaban J connectivity index is 1.58. The predicted octanol–water partition coefficient (Wildman–Crippen LogP) is 3.86. The average Bonchev–Trinajstić information content (AvgIpc) is 3.21. The molecule has 2 aliphatic carbocycles. The second kappa shape index (κ2) is 6.05. The van der Waals surface area contributed by atoms with Crippen LogP contribution in [-0.2, 0) is 0 Å². The monoisotopic (exact) mass is 292 g/mol. The van der Waals surface area contributed by atoms with Gasteiger partial charge in [0.15, 0.2) is 0 Å². The largest absolute Gasteiger partial charge is 0.314 e. The van der Waals surface area contributed by atoms with Gasteiger partial charge in [-0.2, -0.15) is 0 Å². The lowest BCUT2D eigenvalue weighted by molar-refractivity contribution is 0.0547. The zero-order valence-corrected chi connectivity index (χ0v) is 13.2. The highest BCUT2D eigenvalue weighted by molar-refractivity contribution is 6.30. The molecule has 1 aromatic rings. The maximum atomic E-state index is 6.11. The third-order valence-electron chi connectivity index (χ3n) is 5.09. The predicted molar refractivity (Wildman–Crippen MR) is 85.2 cm³/mol. The molecule has 2 saturated carbocycles. The Hall–Kier alpha value is -0.570. The minimum atomic E-state index is 0.433. The third kappa shape index (κ3) is 3.19. The normalized spacial score (nSPS) is 27.4. The van der Waals surface area contributed by atoms with E-state index < -0.39 is 0 Å². The number of hydrogen-bond acceptors (Lipinski definition) is 2. The molecule has 20 heavy (non-hydrogen) atoms. The maximum absolute atomic E-state index is 6.11. The molecular formula is C17H25ClN2. The highest BCUT2D eigenvalue weighted by atomic mass is 35.5. The van der Waals surface area contributed by atoms with Gasteiger partial charge in [-0.3, -0.25) is 4.90 Å². The summed E-state index contributed by atoms with van der Waals surface area (Å²) in [6.45, 7) is 3.48. The Morgan fingerprint density at radius 3 is 2.70 bits per heavy atom. The SMILES string of the molecule is CC(c1cccc(Cl)c1)N(C)C1CCC1CNC1CC1. The zero-order valence-electron chi connectivity index (χ0n) is 12.5. The molecule has 0 spiro atoms. The van der Waals surface area contributed by atoms with Crippen molar-refractivity contribution in [2.24, 2.45) is 5.92 Å². The molecule has 0 amide bonds. The summed E-state index contributed by atoms with van der Waals surface area (Å²) >= 11 is 6.11. The molecule has 3 atom stereocenters. The Bertz CT molecular complexity index is 458. The average molecular weight is 293 g/mol. The van der Waals surface area contributed by atoms with Crippen LogP contribution in [0.5, 0.6) is 0 Å². The standard InChI is InChI=1S/C17H25ClN2/c1-12(13-4-3-5-15(18)10-13)20(2)17-9-6-14(17)11-19-16-7-8-16/h3-5,10,12,14,16-17,19H,6-9,11H2,1-2H3. The van der Waals surface area contributed by atoms with E-state index in [0.717, 1.165) is 23.0 Å². The molecule has 3 heteroatoms. The second-order valence-electron chi connectivity index (χ2n) is 6.48. The first-order valence-corrected chi connectivity index (χ1v) is 8.23. The van der Waals surface area contributed by atoms with Crippen LogP contribution in [0.2, 0.25) is 5.02 Å². The lowest BCUT2D eigenvalue weighted by Gasteiger charge is -2.45. The number of halogens is 1. The van der Waals surface area contributed by atoms with E-state index in [1.165, 1.54) is 37.8 Å². The molecule has 1 N–H and O–H groups in total. The van der Waals surface area contributed by atoms with Crippen LogP contribution in [-0.4, -0.2) is 30.6 Å². The van der Waals surface area contributed by atoms with E-state index in [1.807, 2.05) is 6.07 Å². The first-order valence-electron chi connectivity index (χ1n) is 7.86. The molecule has 110 valence electrons. The van der Waals surface area contributed by atoms with E-state index in [2.05, 4.69) is 42.4 Å². The van der Waals surface area contributed by atoms with Crippen molar-refractivity contribution < 1.29 is 0 Å². The molecule has 3 unspecified atom stereocenters. The summed E-state index contributed by atoms with van der Waals surface area (Å²) in [5.74, 6) is 0.822. The van der Waals surface area contributed by atoms with Crippen LogP contribution in [0.25, 0.3) is 0 Å². The first kappa shape index (κ1) is 14.4. The van der Waals surface area contributed by atoms with Crippen LogP contribution in [0, 0.1) is 5.92 Å². The number of benzene rings is 1. The van der Waals surface area contributed by atoms with Gasteiger partial charge < -0.3 is 5.32 Å². The van der Waals surface area contributed by atoms with Crippen LogP contribution in [0.3, 0.4) is 0 Å². The maximum Gasteiger partial charge on any atom is 0.0409 e. The van der Waals surface area contributed by atoms with Gasteiger partial charge >= 0.3 is 0 Å². The van der Waals surface area contributed by atoms with Crippen molar-refractivity contribution in [3.63, 3.8) is 0 Å². The highest BCUT2D eigenvalue weighted by Crippen LogP contribution is 2.36. The fourth-order valence-electron chi connectivity index (χ4n) is 3.22. The molecule has 2 nitrogen and oxygen atoms in total. The quantitative estimate of drug-likeness (QED) is 0.856. The van der Waals surface area contributed by atoms with Gasteiger partial charge in [0.05, 0.1) is 0 Å². The lowest BCUT2D eigenvalue weighted by atomic mass is 9.77. The second-order valence-corrected chi connectivity index (χ2v) is 6.92. The summed E-state index contributed by atoms with van der Waals surface area (Å²) in [5.41, 5.74) is 1.32. The van der Waals surface area contributed by atoms with Crippen LogP contribution >= 0.6 is 11.6 Å². The van der Waals surface area contributed by atoms with E-state index in [4.69, 9.17) is 11.6 Å². The summed E-state index contributed by atoms with van der Waals surface area (Å²) in [7, 11) is 2.26. The zero-order chi connectivity index (χ0) is 14.1. The van der Waals surface area contributed by atoms with Crippen molar-refractivity contribution in [2.75, 3.05) is 13.6 Å². The van der Waals surface area contributed by atoms with Gasteiger partial charge in [-0.15, -0.1) is 0 Å². The van der Waals surface area contributed by atoms with Gasteiger partial charge in [0.2, 0.25) is 0 Å². The van der Waals surface area contributed by atoms with Crippen LogP contribution in [0.4, 0.5) is 0 Å². The summed E-state index contributed by atoms with van der Waals surface area (Å²) in [6, 6.07) is 10.3. The van der Waals surface area contributed by atoms with E-state index in [9.17, 15) is 0 Å². The summed E-state index contributed by atoms with van der Waals surface area (Å²) in [6.07, 6.45) is 5.47. The topological polar surface area (TPSA) is 15.3 Å². The fourth-order valence-corrected chi connectivity index (χ4v) is 3.42. The van der Waals surface area contributed by atoms with Crippen molar-refractivity contribution in [3.05, 3.63) is 34.9 Å². The molecule has 0 saturated heterocycles. The fraction of sp³-hybridized carbons (Fsp3) is 0.647. The van der Waals surface area contributed by atoms with Crippen molar-refractivity contribution >= 4 is 11.6 Å². The van der Waals surface area contributed by atoms with Gasteiger partial charge in [-0.1, -0.05) is 23.7 Å². The minimum absolute atomic E-state index is 0.433. The van der Waals surface area contributed by atoms with Crippen LogP contribution < -0.4 is 5.32 Å². The smallest absolute Gasteiger partial charge is 0.0409 e. The Morgan fingerprint density at radius 1 is 1.30 bits per heavy atom. The molecule has 3 rings (SSSR count). The summed E-state index contributed by atoms with van der Waals surface area (Å²) < 4.78 is 0. The molecule has 1 aromatic carbocycles. The molecule has 2 aliphatic rings. The molecule has 2 fully saturated rings. The van der Waals surface area contributed by atoms with Gasteiger partial charge in [-0.05, 0) is 69.8 Å². The number of nitrogens with one attached hydrogen (secondary N) is 1. The minimum Gasteiger partial charge on any atom is -0.314 e. The Morgan fingerprint density at radius 2 is 2.10 bits per heavy atom. The first-order chi connectivity index (χ1) is 9.65. The molecule has 0 heterocycles. The number of rotatable bonds is 6. The summed E-state index contributed by atoms with van der Waals surface area (Å²) in [4.78, 5) is 2.54. The van der Waals surface area contributed by atoms with Gasteiger partial charge in [0.25, 0.3) is 0 Å². The number of hydrogen-bond donors (Lipinski definition) is 1. The lowest BCUT2D eigenvalue weighted by Crippen LogP contribution is -2.49. The molecular weight excluding hydrogens is 268 g/mol. The van der Waals surface area contributed by atoms with Gasteiger partial charge in [-0.25, -0.2) is 0 Å². The van der Waals surface area contributed by atoms with Crippen molar-refractivity contribution in [1.29, 1.82) is 0 Å². The van der Waals surface area contributed by atoms with E-state index >= 15 is 0 Å². The molecule has 0 aliphatic heterocycles. The Kier molecular flexibility index (Phi) is 4.34. The van der Waals surface area contributed by atoms with Crippen molar-refractivity contribution in [3.8, 4) is 0 Å². The molecule has 0 aromatic heterocycles. The van der Waals surface area contributed by atoms with Crippen molar-refractivity contribution in [2.45, 2.75) is 50.7 Å². The van der Waals surface area contributed by atoms with Gasteiger partial charge in [0, 0.05) is 23.1 Å². The highest BCUT2D eigenvalue weighted by Gasteiger charge is 2.36. The number of nitrogens with zero attached hydrogens (tertiary/aromatic N) is 1. The van der Waals surface area contributed by atoms with E-state index in [-0.39, 0.29) is 0 Å². The van der Waals surface area contributed by atoms with Crippen LogP contribution in [0.1, 0.15) is 44.2 Å². The Labute approximate surface area is 127 Å². The molecule has 0 bridgehead atoms. The van der Waals surface area contributed by atoms with Crippen LogP contribution in [0.15, 0.2) is 24.3 Å². The van der Waals surface area contributed by atoms with E-state index in [0.29, 0.717) is 6.04 Å². The van der Waals surface area contributed by atoms with E-state index in [1.54, 1.807) is 0 Å². The van der Waals surface area contributed by atoms with Gasteiger partial charge in [0.1, 0.15) is 0 Å². The third-order valence-corrected chi connectivity index (χ3v) is 5.32. The summed E-state index contributed by atoms with van der Waals surface area (Å²) in [5, 5.41) is 4.52. The molecule has 0 radical (unpaired) electrons.